The van der Waals surface area contributed by atoms with Crippen molar-refractivity contribution in [2.75, 3.05) is 0 Å². The maximum Gasteiger partial charge on any atom is 0.192 e. The number of alkyl halides is 1. The quantitative estimate of drug-likeness (QED) is 0.423. The fourth-order valence-corrected chi connectivity index (χ4v) is 0.304. The maximum atomic E-state index is 12.0. The Morgan fingerprint density at radius 2 is 1.70 bits per heavy atom. The minimum absolute atomic E-state index is 0.762. The van der Waals surface area contributed by atoms with Crippen molar-refractivity contribution in [3.63, 3.8) is 0 Å². The largest absolute Gasteiger partial charge is 0.240 e. The summed E-state index contributed by atoms with van der Waals surface area (Å²) < 4.78 is 47.5. The summed E-state index contributed by atoms with van der Waals surface area (Å²) in [5.41, 5.74) is 0. The Hall–Kier alpha value is -0.800. The van der Waals surface area contributed by atoms with E-state index in [1.54, 1.807) is 0 Å². The topological polar surface area (TPSA) is 0 Å². The van der Waals surface area contributed by atoms with Crippen LogP contribution in [-0.4, -0.2) is 6.17 Å². The van der Waals surface area contributed by atoms with E-state index in [1.807, 2.05) is 0 Å². The average molecular weight is 154 g/mol. The third kappa shape index (κ3) is 2.21. The van der Waals surface area contributed by atoms with Crippen molar-refractivity contribution in [1.29, 1.82) is 0 Å². The molecule has 0 saturated heterocycles. The molecule has 0 aromatic rings. The first kappa shape index (κ1) is 9.20. The standard InChI is InChI=1S/C6H6F4/c1-3(7)5(9)6(10)4(2)8/h4H,1H2,2H3/b6-5-. The molecular weight excluding hydrogens is 148 g/mol. The van der Waals surface area contributed by atoms with Crippen LogP contribution < -0.4 is 0 Å². The van der Waals surface area contributed by atoms with Crippen LogP contribution in [0.1, 0.15) is 6.92 Å². The lowest BCUT2D eigenvalue weighted by atomic mass is 10.3. The summed E-state index contributed by atoms with van der Waals surface area (Å²) in [7, 11) is 0. The predicted octanol–water partition coefficient (Wildman–Crippen LogP) is 2.98. The van der Waals surface area contributed by atoms with E-state index < -0.39 is 23.7 Å². The van der Waals surface area contributed by atoms with Crippen LogP contribution in [0.2, 0.25) is 0 Å². The van der Waals surface area contributed by atoms with Crippen molar-refractivity contribution < 1.29 is 17.6 Å². The predicted molar refractivity (Wildman–Crippen MR) is 30.1 cm³/mol. The summed E-state index contributed by atoms with van der Waals surface area (Å²) in [6.07, 6.45) is -2.13. The molecule has 0 nitrogen and oxygen atoms in total. The zero-order valence-corrected chi connectivity index (χ0v) is 5.30. The minimum atomic E-state index is -2.13. The van der Waals surface area contributed by atoms with Crippen molar-refractivity contribution in [1.82, 2.24) is 0 Å². The van der Waals surface area contributed by atoms with Gasteiger partial charge in [-0.1, -0.05) is 6.58 Å². The normalized spacial score (nSPS) is 16.1. The summed E-state index contributed by atoms with van der Waals surface area (Å²) in [5, 5.41) is 0. The second-order valence-electron chi connectivity index (χ2n) is 1.68. The summed E-state index contributed by atoms with van der Waals surface area (Å²) in [6, 6.07) is 0. The monoisotopic (exact) mass is 154 g/mol. The summed E-state index contributed by atoms with van der Waals surface area (Å²) in [4.78, 5) is 0. The van der Waals surface area contributed by atoms with Gasteiger partial charge in [0.1, 0.15) is 0 Å². The fourth-order valence-electron chi connectivity index (χ4n) is 0.304. The van der Waals surface area contributed by atoms with E-state index in [4.69, 9.17) is 0 Å². The molecule has 1 unspecified atom stereocenters. The Balaban J connectivity index is 4.50. The Kier molecular flexibility index (Phi) is 3.12. The van der Waals surface area contributed by atoms with Crippen LogP contribution in [0.15, 0.2) is 24.1 Å². The highest BCUT2D eigenvalue weighted by molar-refractivity contribution is 5.20. The van der Waals surface area contributed by atoms with Gasteiger partial charge in [-0.3, -0.25) is 0 Å². The van der Waals surface area contributed by atoms with E-state index in [2.05, 4.69) is 6.58 Å². The molecule has 0 bridgehead atoms. The molecule has 0 N–H and O–H groups in total. The van der Waals surface area contributed by atoms with E-state index in [0.29, 0.717) is 0 Å². The van der Waals surface area contributed by atoms with E-state index in [-0.39, 0.29) is 0 Å². The molecule has 1 atom stereocenters. The van der Waals surface area contributed by atoms with Crippen LogP contribution in [0, 0.1) is 0 Å². The molecule has 10 heavy (non-hydrogen) atoms. The maximum absolute atomic E-state index is 12.0. The SMILES string of the molecule is C=C(F)/C(F)=C(/F)C(C)F. The number of allylic oxidation sites excluding steroid dienone is 3. The third-order valence-electron chi connectivity index (χ3n) is 0.797. The highest BCUT2D eigenvalue weighted by Crippen LogP contribution is 2.20. The lowest BCUT2D eigenvalue weighted by molar-refractivity contribution is 0.330. The van der Waals surface area contributed by atoms with Gasteiger partial charge < -0.3 is 0 Å². The molecule has 0 radical (unpaired) electrons. The summed E-state index contributed by atoms with van der Waals surface area (Å²) in [5.74, 6) is -5.20. The summed E-state index contributed by atoms with van der Waals surface area (Å²) >= 11 is 0. The van der Waals surface area contributed by atoms with Gasteiger partial charge in [-0.05, 0) is 6.92 Å². The smallest absolute Gasteiger partial charge is 0.192 e. The van der Waals surface area contributed by atoms with Crippen LogP contribution in [0.3, 0.4) is 0 Å². The Morgan fingerprint density at radius 1 is 1.30 bits per heavy atom. The van der Waals surface area contributed by atoms with Gasteiger partial charge in [0.25, 0.3) is 0 Å². The lowest BCUT2D eigenvalue weighted by Crippen LogP contribution is -1.95. The van der Waals surface area contributed by atoms with Crippen LogP contribution in [0.5, 0.6) is 0 Å². The molecule has 0 aromatic heterocycles. The molecule has 0 spiro atoms. The molecular formula is C6H6F4. The molecule has 0 fully saturated rings. The molecule has 0 amide bonds. The van der Waals surface area contributed by atoms with E-state index in [0.717, 1.165) is 6.92 Å². The summed E-state index contributed by atoms with van der Waals surface area (Å²) in [6.45, 7) is 3.21. The molecule has 0 aliphatic carbocycles. The van der Waals surface area contributed by atoms with Gasteiger partial charge in [0.15, 0.2) is 23.7 Å². The van der Waals surface area contributed by atoms with E-state index in [1.165, 1.54) is 0 Å². The van der Waals surface area contributed by atoms with Gasteiger partial charge in [-0.2, -0.15) is 0 Å². The van der Waals surface area contributed by atoms with Crippen molar-refractivity contribution in [2.45, 2.75) is 13.1 Å². The van der Waals surface area contributed by atoms with E-state index in [9.17, 15) is 17.6 Å². The highest BCUT2D eigenvalue weighted by atomic mass is 19.2. The van der Waals surface area contributed by atoms with Crippen LogP contribution >= 0.6 is 0 Å². The molecule has 4 heteroatoms. The molecule has 58 valence electrons. The highest BCUT2D eigenvalue weighted by Gasteiger charge is 2.15. The average Bonchev–Trinajstić information content (AvgIpc) is 1.84. The molecule has 0 aromatic carbocycles. The van der Waals surface area contributed by atoms with Crippen LogP contribution in [0.4, 0.5) is 17.6 Å². The molecule has 0 saturated carbocycles. The van der Waals surface area contributed by atoms with Gasteiger partial charge in [-0.15, -0.1) is 0 Å². The van der Waals surface area contributed by atoms with Gasteiger partial charge in [0.05, 0.1) is 0 Å². The van der Waals surface area contributed by atoms with E-state index >= 15 is 0 Å². The van der Waals surface area contributed by atoms with Crippen molar-refractivity contribution >= 4 is 0 Å². The minimum Gasteiger partial charge on any atom is -0.240 e. The first-order chi connectivity index (χ1) is 4.46. The van der Waals surface area contributed by atoms with Gasteiger partial charge in [0.2, 0.25) is 0 Å². The molecule has 0 aliphatic rings. The van der Waals surface area contributed by atoms with Crippen molar-refractivity contribution in [3.8, 4) is 0 Å². The number of halogens is 4. The number of rotatable bonds is 2. The Labute approximate surface area is 55.8 Å². The second-order valence-corrected chi connectivity index (χ2v) is 1.68. The Bertz CT molecular complexity index is 169. The zero-order chi connectivity index (χ0) is 8.31. The molecule has 0 heterocycles. The van der Waals surface area contributed by atoms with Gasteiger partial charge >= 0.3 is 0 Å². The Morgan fingerprint density at radius 3 is 1.80 bits per heavy atom. The lowest BCUT2D eigenvalue weighted by Gasteiger charge is -1.97. The third-order valence-corrected chi connectivity index (χ3v) is 0.797. The number of hydrogen-bond donors (Lipinski definition) is 0. The van der Waals surface area contributed by atoms with Crippen molar-refractivity contribution in [2.24, 2.45) is 0 Å². The zero-order valence-electron chi connectivity index (χ0n) is 5.30. The van der Waals surface area contributed by atoms with Crippen molar-refractivity contribution in [3.05, 3.63) is 24.1 Å². The first-order valence-corrected chi connectivity index (χ1v) is 2.50. The fraction of sp³-hybridized carbons (Fsp3) is 0.333. The first-order valence-electron chi connectivity index (χ1n) is 2.50. The van der Waals surface area contributed by atoms with Gasteiger partial charge in [-0.25, -0.2) is 17.6 Å². The molecule has 0 aliphatic heterocycles. The number of hydrogen-bond acceptors (Lipinski definition) is 0. The second kappa shape index (κ2) is 3.39. The molecule has 0 rings (SSSR count). The van der Waals surface area contributed by atoms with Crippen LogP contribution in [0.25, 0.3) is 0 Å². The van der Waals surface area contributed by atoms with Crippen LogP contribution in [-0.2, 0) is 0 Å². The van der Waals surface area contributed by atoms with Gasteiger partial charge in [0, 0.05) is 0 Å².